The normalized spacial score (nSPS) is 28.8. The van der Waals surface area contributed by atoms with Crippen molar-refractivity contribution in [1.82, 2.24) is 4.90 Å². The average molecular weight is 335 g/mol. The van der Waals surface area contributed by atoms with Gasteiger partial charge in [0.15, 0.2) is 5.72 Å². The van der Waals surface area contributed by atoms with E-state index in [0.717, 1.165) is 25.7 Å². The molecule has 3 N–H and O–H groups in total. The summed E-state index contributed by atoms with van der Waals surface area (Å²) in [5.74, 6) is -0.455. The number of carbonyl (C=O) groups excluding carboxylic acids is 1. The maximum atomic E-state index is 12.7. The van der Waals surface area contributed by atoms with Crippen LogP contribution in [0.4, 0.5) is 0 Å². The molecule has 3 rings (SSSR count). The van der Waals surface area contributed by atoms with Gasteiger partial charge in [0.05, 0.1) is 24.4 Å². The second kappa shape index (κ2) is 6.70. The van der Waals surface area contributed by atoms with Gasteiger partial charge in [-0.15, -0.1) is 0 Å². The summed E-state index contributed by atoms with van der Waals surface area (Å²) in [4.78, 5) is 14.2. The van der Waals surface area contributed by atoms with Crippen molar-refractivity contribution in [3.63, 3.8) is 0 Å². The van der Waals surface area contributed by atoms with Crippen LogP contribution in [0.2, 0.25) is 0 Å². The summed E-state index contributed by atoms with van der Waals surface area (Å²) < 4.78 is 6.22. The van der Waals surface area contributed by atoms with Crippen LogP contribution < -0.4 is 0 Å². The van der Waals surface area contributed by atoms with E-state index in [4.69, 9.17) is 4.74 Å². The highest BCUT2D eigenvalue weighted by molar-refractivity contribution is 6.02. The molecule has 1 spiro atoms. The first-order valence-corrected chi connectivity index (χ1v) is 8.66. The van der Waals surface area contributed by atoms with Gasteiger partial charge in [0, 0.05) is 18.5 Å². The van der Waals surface area contributed by atoms with Gasteiger partial charge in [-0.25, -0.2) is 0 Å². The summed E-state index contributed by atoms with van der Waals surface area (Å²) in [6.07, 6.45) is 3.06. The van der Waals surface area contributed by atoms with Gasteiger partial charge in [0.1, 0.15) is 5.75 Å². The van der Waals surface area contributed by atoms with Crippen molar-refractivity contribution in [2.24, 2.45) is 0 Å². The number of β-amino-alcohol motifs (C(OH)–C–C–N with tert-alkyl or cyclic N) is 1. The Morgan fingerprint density at radius 2 is 2.17 bits per heavy atom. The van der Waals surface area contributed by atoms with E-state index >= 15 is 0 Å². The summed E-state index contributed by atoms with van der Waals surface area (Å²) in [7, 11) is 0. The first-order chi connectivity index (χ1) is 11.5. The van der Waals surface area contributed by atoms with Gasteiger partial charge in [0.25, 0.3) is 5.91 Å². The summed E-state index contributed by atoms with van der Waals surface area (Å²) >= 11 is 0. The largest absolute Gasteiger partial charge is 0.507 e. The van der Waals surface area contributed by atoms with Gasteiger partial charge >= 0.3 is 0 Å². The standard InChI is InChI=1S/C18H25NO5/c1-2-3-4-8-15-14(22)11-18(24-15)12-6-5-7-13(21)16(12)17(23)19(18)9-10-20/h5-7,14-15,20-22H,2-4,8-11H2,1H3/t14-,15-,18+/m1/s1. The van der Waals surface area contributed by atoms with Crippen LogP contribution in [0, 0.1) is 0 Å². The predicted molar refractivity (Wildman–Crippen MR) is 87.5 cm³/mol. The fourth-order valence-corrected chi connectivity index (χ4v) is 3.90. The molecule has 2 aliphatic rings. The molecular formula is C18H25NO5. The van der Waals surface area contributed by atoms with Crippen molar-refractivity contribution in [1.29, 1.82) is 0 Å². The summed E-state index contributed by atoms with van der Waals surface area (Å²) in [5.41, 5.74) is -0.296. The van der Waals surface area contributed by atoms with Crippen molar-refractivity contribution in [3.05, 3.63) is 29.3 Å². The van der Waals surface area contributed by atoms with Crippen LogP contribution >= 0.6 is 0 Å². The number of nitrogens with zero attached hydrogens (tertiary/aromatic N) is 1. The average Bonchev–Trinajstić information content (AvgIpc) is 3.00. The number of phenols is 1. The molecule has 3 atom stereocenters. The lowest BCUT2D eigenvalue weighted by molar-refractivity contribution is -0.135. The molecule has 0 saturated carbocycles. The Hall–Kier alpha value is -1.63. The maximum Gasteiger partial charge on any atom is 0.260 e. The smallest absolute Gasteiger partial charge is 0.260 e. The Kier molecular flexibility index (Phi) is 4.80. The number of aliphatic hydroxyl groups is 2. The van der Waals surface area contributed by atoms with Crippen molar-refractivity contribution < 1.29 is 24.9 Å². The van der Waals surface area contributed by atoms with E-state index in [1.54, 1.807) is 12.1 Å². The van der Waals surface area contributed by atoms with Crippen molar-refractivity contribution in [2.45, 2.75) is 57.0 Å². The molecule has 24 heavy (non-hydrogen) atoms. The van der Waals surface area contributed by atoms with Crippen LogP contribution in [0.15, 0.2) is 18.2 Å². The molecule has 1 aromatic rings. The Bertz CT molecular complexity index is 619. The molecule has 1 saturated heterocycles. The van der Waals surface area contributed by atoms with Gasteiger partial charge < -0.3 is 25.0 Å². The molecule has 0 unspecified atom stereocenters. The topological polar surface area (TPSA) is 90.2 Å². The third kappa shape index (κ3) is 2.59. The number of aromatic hydroxyl groups is 1. The second-order valence-electron chi connectivity index (χ2n) is 6.59. The molecule has 132 valence electrons. The van der Waals surface area contributed by atoms with Crippen LogP contribution in [-0.2, 0) is 10.5 Å². The minimum absolute atomic E-state index is 0.0927. The zero-order chi connectivity index (χ0) is 17.3. The molecular weight excluding hydrogens is 310 g/mol. The zero-order valence-electron chi connectivity index (χ0n) is 13.9. The molecule has 0 aliphatic carbocycles. The van der Waals surface area contributed by atoms with Gasteiger partial charge in [-0.3, -0.25) is 4.79 Å². The van der Waals surface area contributed by atoms with Gasteiger partial charge in [0.2, 0.25) is 0 Å². The molecule has 0 bridgehead atoms. The van der Waals surface area contributed by atoms with Crippen molar-refractivity contribution >= 4 is 5.91 Å². The molecule has 6 nitrogen and oxygen atoms in total. The highest BCUT2D eigenvalue weighted by Crippen LogP contribution is 2.51. The minimum atomic E-state index is -1.09. The van der Waals surface area contributed by atoms with E-state index in [2.05, 4.69) is 6.92 Å². The number of unbranched alkanes of at least 4 members (excludes halogenated alkanes) is 2. The number of hydrogen-bond donors (Lipinski definition) is 3. The van der Waals surface area contributed by atoms with Crippen LogP contribution in [0.1, 0.15) is 54.9 Å². The number of ether oxygens (including phenoxy) is 1. The third-order valence-corrected chi connectivity index (χ3v) is 5.04. The van der Waals surface area contributed by atoms with E-state index in [0.29, 0.717) is 5.56 Å². The molecule has 0 radical (unpaired) electrons. The molecule has 6 heteroatoms. The number of phenolic OH excluding ortho intramolecular Hbond substituents is 1. The zero-order valence-corrected chi connectivity index (χ0v) is 13.9. The van der Waals surface area contributed by atoms with Gasteiger partial charge in [-0.1, -0.05) is 38.3 Å². The van der Waals surface area contributed by atoms with Crippen molar-refractivity contribution in [2.75, 3.05) is 13.2 Å². The Labute approximate surface area is 141 Å². The van der Waals surface area contributed by atoms with Gasteiger partial charge in [-0.05, 0) is 12.5 Å². The number of aliphatic hydroxyl groups excluding tert-OH is 2. The van der Waals surface area contributed by atoms with E-state index in [1.165, 1.54) is 11.0 Å². The lowest BCUT2D eigenvalue weighted by Gasteiger charge is -2.35. The second-order valence-corrected chi connectivity index (χ2v) is 6.59. The number of hydrogen-bond acceptors (Lipinski definition) is 5. The third-order valence-electron chi connectivity index (χ3n) is 5.04. The number of carbonyl (C=O) groups is 1. The minimum Gasteiger partial charge on any atom is -0.507 e. The molecule has 1 aromatic carbocycles. The number of benzene rings is 1. The van der Waals surface area contributed by atoms with Gasteiger partial charge in [-0.2, -0.15) is 0 Å². The lowest BCUT2D eigenvalue weighted by Crippen LogP contribution is -2.45. The SMILES string of the molecule is CCCCC[C@H]1O[C@@]2(C[C@H]1O)c1cccc(O)c1C(=O)N2CCO. The number of rotatable bonds is 6. The Morgan fingerprint density at radius 3 is 2.88 bits per heavy atom. The first-order valence-electron chi connectivity index (χ1n) is 8.66. The molecule has 2 aliphatic heterocycles. The van der Waals surface area contributed by atoms with E-state index in [9.17, 15) is 20.1 Å². The monoisotopic (exact) mass is 335 g/mol. The van der Waals surface area contributed by atoms with Crippen LogP contribution in [0.3, 0.4) is 0 Å². The van der Waals surface area contributed by atoms with E-state index < -0.39 is 11.8 Å². The highest BCUT2D eigenvalue weighted by Gasteiger charge is 2.58. The summed E-state index contributed by atoms with van der Waals surface area (Å²) in [5, 5.41) is 30.0. The van der Waals surface area contributed by atoms with Crippen LogP contribution in [-0.4, -0.2) is 51.5 Å². The molecule has 2 heterocycles. The maximum absolute atomic E-state index is 12.7. The molecule has 0 aromatic heterocycles. The molecule has 1 fully saturated rings. The van der Waals surface area contributed by atoms with Crippen LogP contribution in [0.5, 0.6) is 5.75 Å². The summed E-state index contributed by atoms with van der Waals surface area (Å²) in [6, 6.07) is 4.90. The Balaban J connectivity index is 1.95. The van der Waals surface area contributed by atoms with E-state index in [-0.39, 0.29) is 42.9 Å². The number of amides is 1. The molecule has 1 amide bonds. The number of fused-ring (bicyclic) bond motifs is 2. The first kappa shape index (κ1) is 17.2. The Morgan fingerprint density at radius 1 is 1.38 bits per heavy atom. The predicted octanol–water partition coefficient (Wildman–Crippen LogP) is 1.72. The van der Waals surface area contributed by atoms with Crippen LogP contribution in [0.25, 0.3) is 0 Å². The highest BCUT2D eigenvalue weighted by atomic mass is 16.6. The lowest BCUT2D eigenvalue weighted by atomic mass is 9.96. The van der Waals surface area contributed by atoms with Crippen molar-refractivity contribution in [3.8, 4) is 5.75 Å². The van der Waals surface area contributed by atoms with E-state index in [1.807, 2.05) is 0 Å². The fourth-order valence-electron chi connectivity index (χ4n) is 3.90. The quantitative estimate of drug-likeness (QED) is 0.689. The summed E-state index contributed by atoms with van der Waals surface area (Å²) in [6.45, 7) is 2.01. The fraction of sp³-hybridized carbons (Fsp3) is 0.611.